The van der Waals surface area contributed by atoms with Crippen molar-refractivity contribution in [3.05, 3.63) is 54.1 Å². The van der Waals surface area contributed by atoms with E-state index in [-0.39, 0.29) is 5.91 Å². The molecule has 0 saturated carbocycles. The van der Waals surface area contributed by atoms with Gasteiger partial charge in [-0.25, -0.2) is 4.79 Å². The smallest absolute Gasteiger partial charge is 0.337 e. The lowest BCUT2D eigenvalue weighted by molar-refractivity contribution is -0.122. The van der Waals surface area contributed by atoms with Crippen LogP contribution in [0.1, 0.15) is 23.7 Å². The summed E-state index contributed by atoms with van der Waals surface area (Å²) in [5.74, 6) is 0.368. The Hall–Kier alpha value is -3.02. The van der Waals surface area contributed by atoms with Crippen LogP contribution in [0.4, 0.5) is 5.69 Å². The van der Waals surface area contributed by atoms with E-state index in [0.29, 0.717) is 29.2 Å². The number of hydrogen-bond acceptors (Lipinski definition) is 5. The summed E-state index contributed by atoms with van der Waals surface area (Å²) >= 11 is 0. The Morgan fingerprint density at radius 2 is 1.64 bits per heavy atom. The van der Waals surface area contributed by atoms with Crippen molar-refractivity contribution < 1.29 is 23.8 Å². The minimum absolute atomic E-state index is 0.278. The number of esters is 1. The molecule has 25 heavy (non-hydrogen) atoms. The van der Waals surface area contributed by atoms with E-state index in [4.69, 9.17) is 9.47 Å². The number of hydrogen-bond donors (Lipinski definition) is 1. The highest BCUT2D eigenvalue weighted by Crippen LogP contribution is 2.27. The van der Waals surface area contributed by atoms with Gasteiger partial charge in [0.05, 0.1) is 19.8 Å². The number of methoxy groups -OCH3 is 2. The highest BCUT2D eigenvalue weighted by atomic mass is 16.5. The van der Waals surface area contributed by atoms with Crippen molar-refractivity contribution in [1.82, 2.24) is 0 Å². The quantitative estimate of drug-likeness (QED) is 0.781. The van der Waals surface area contributed by atoms with Crippen LogP contribution in [0.5, 0.6) is 11.5 Å². The van der Waals surface area contributed by atoms with Crippen molar-refractivity contribution in [2.45, 2.75) is 19.4 Å². The zero-order valence-electron chi connectivity index (χ0n) is 14.4. The zero-order chi connectivity index (χ0) is 18.2. The third-order valence-electron chi connectivity index (χ3n) is 3.58. The largest absolute Gasteiger partial charge is 0.493 e. The highest BCUT2D eigenvalue weighted by molar-refractivity contribution is 5.95. The van der Waals surface area contributed by atoms with E-state index in [2.05, 4.69) is 10.1 Å². The third-order valence-corrected chi connectivity index (χ3v) is 3.58. The number of carbonyl (C=O) groups excluding carboxylic acids is 2. The topological polar surface area (TPSA) is 73.9 Å². The molecule has 0 fully saturated rings. The second kappa shape index (κ2) is 8.73. The molecule has 1 amide bonds. The van der Waals surface area contributed by atoms with Gasteiger partial charge in [0.25, 0.3) is 5.91 Å². The van der Waals surface area contributed by atoms with Gasteiger partial charge in [-0.3, -0.25) is 4.79 Å². The molecule has 0 radical (unpaired) electrons. The Kier molecular flexibility index (Phi) is 6.39. The molecule has 2 aromatic carbocycles. The molecule has 0 aliphatic rings. The monoisotopic (exact) mass is 343 g/mol. The fourth-order valence-electron chi connectivity index (χ4n) is 2.22. The predicted molar refractivity (Wildman–Crippen MR) is 94.1 cm³/mol. The molecule has 1 atom stereocenters. The van der Waals surface area contributed by atoms with Gasteiger partial charge in [0.1, 0.15) is 0 Å². The molecule has 132 valence electrons. The highest BCUT2D eigenvalue weighted by Gasteiger charge is 2.20. The minimum atomic E-state index is -0.670. The van der Waals surface area contributed by atoms with Crippen LogP contribution in [0.25, 0.3) is 0 Å². The maximum atomic E-state index is 12.5. The molecule has 0 unspecified atom stereocenters. The average molecular weight is 343 g/mol. The van der Waals surface area contributed by atoms with Crippen molar-refractivity contribution >= 4 is 17.6 Å². The summed E-state index contributed by atoms with van der Waals surface area (Å²) in [6, 6.07) is 13.6. The van der Waals surface area contributed by atoms with Crippen LogP contribution in [-0.2, 0) is 9.53 Å². The number of anilines is 1. The van der Waals surface area contributed by atoms with Gasteiger partial charge in [-0.15, -0.1) is 0 Å². The van der Waals surface area contributed by atoms with Gasteiger partial charge in [0.2, 0.25) is 0 Å². The molecule has 0 bridgehead atoms. The average Bonchev–Trinajstić information content (AvgIpc) is 2.66. The number of benzene rings is 2. The third kappa shape index (κ3) is 4.73. The van der Waals surface area contributed by atoms with E-state index in [1.165, 1.54) is 7.11 Å². The van der Waals surface area contributed by atoms with E-state index in [1.807, 2.05) is 19.1 Å². The molecular formula is C19H21NO5. The molecule has 1 N–H and O–H groups in total. The summed E-state index contributed by atoms with van der Waals surface area (Å²) in [7, 11) is 2.87. The van der Waals surface area contributed by atoms with Gasteiger partial charge in [0.15, 0.2) is 17.6 Å². The summed E-state index contributed by atoms with van der Waals surface area (Å²) in [4.78, 5) is 23.9. The fourth-order valence-corrected chi connectivity index (χ4v) is 2.22. The Labute approximate surface area is 146 Å². The first-order chi connectivity index (χ1) is 12.1. The lowest BCUT2D eigenvalue weighted by Gasteiger charge is -2.19. The van der Waals surface area contributed by atoms with Crippen LogP contribution in [-0.4, -0.2) is 32.2 Å². The van der Waals surface area contributed by atoms with E-state index in [1.54, 1.807) is 43.5 Å². The molecule has 0 saturated heterocycles. The molecule has 0 aliphatic carbocycles. The van der Waals surface area contributed by atoms with Crippen molar-refractivity contribution in [3.8, 4) is 11.5 Å². The lowest BCUT2D eigenvalue weighted by atomic mass is 10.2. The first-order valence-electron chi connectivity index (χ1n) is 7.88. The van der Waals surface area contributed by atoms with Crippen LogP contribution in [0, 0.1) is 0 Å². The number of ether oxygens (including phenoxy) is 3. The number of amides is 1. The Bertz CT molecular complexity index is 727. The lowest BCUT2D eigenvalue weighted by Crippen LogP contribution is -2.32. The summed E-state index contributed by atoms with van der Waals surface area (Å²) < 4.78 is 15.7. The predicted octanol–water partition coefficient (Wildman–Crippen LogP) is 3.28. The van der Waals surface area contributed by atoms with Crippen molar-refractivity contribution in [3.63, 3.8) is 0 Å². The van der Waals surface area contributed by atoms with E-state index >= 15 is 0 Å². The molecule has 0 aliphatic heterocycles. The first-order valence-corrected chi connectivity index (χ1v) is 7.88. The van der Waals surface area contributed by atoms with E-state index in [9.17, 15) is 9.59 Å². The van der Waals surface area contributed by atoms with Gasteiger partial charge >= 0.3 is 5.97 Å². The van der Waals surface area contributed by atoms with Gasteiger partial charge in [-0.2, -0.15) is 0 Å². The summed E-state index contributed by atoms with van der Waals surface area (Å²) in [5.41, 5.74) is 0.984. The second-order valence-corrected chi connectivity index (χ2v) is 5.22. The molecular weight excluding hydrogens is 322 g/mol. The second-order valence-electron chi connectivity index (χ2n) is 5.22. The van der Waals surface area contributed by atoms with Crippen LogP contribution in [0.2, 0.25) is 0 Å². The van der Waals surface area contributed by atoms with Crippen molar-refractivity contribution in [2.24, 2.45) is 0 Å². The first kappa shape index (κ1) is 18.3. The van der Waals surface area contributed by atoms with Crippen molar-refractivity contribution in [1.29, 1.82) is 0 Å². The van der Waals surface area contributed by atoms with E-state index in [0.717, 1.165) is 0 Å². The number of rotatable bonds is 7. The van der Waals surface area contributed by atoms with E-state index < -0.39 is 12.1 Å². The molecule has 0 aromatic heterocycles. The maximum absolute atomic E-state index is 12.5. The van der Waals surface area contributed by atoms with Crippen LogP contribution < -0.4 is 14.8 Å². The SMILES string of the molecule is CC[C@@H](Oc1ccccc1OC)C(=O)Nc1ccc(C(=O)OC)cc1. The van der Waals surface area contributed by atoms with Crippen LogP contribution >= 0.6 is 0 Å². The Morgan fingerprint density at radius 3 is 2.20 bits per heavy atom. The normalized spacial score (nSPS) is 11.3. The van der Waals surface area contributed by atoms with Crippen LogP contribution in [0.15, 0.2) is 48.5 Å². The number of nitrogens with one attached hydrogen (secondary N) is 1. The van der Waals surface area contributed by atoms with Crippen LogP contribution in [0.3, 0.4) is 0 Å². The fraction of sp³-hybridized carbons (Fsp3) is 0.263. The van der Waals surface area contributed by atoms with Crippen molar-refractivity contribution in [2.75, 3.05) is 19.5 Å². The molecule has 2 aromatic rings. The number of para-hydroxylation sites is 2. The van der Waals surface area contributed by atoms with Gasteiger partial charge in [0, 0.05) is 5.69 Å². The zero-order valence-corrected chi connectivity index (χ0v) is 14.4. The summed E-state index contributed by atoms with van der Waals surface area (Å²) in [6.45, 7) is 1.86. The molecule has 2 rings (SSSR count). The molecule has 6 nitrogen and oxygen atoms in total. The van der Waals surface area contributed by atoms with Gasteiger partial charge < -0.3 is 19.5 Å². The molecule has 0 spiro atoms. The Morgan fingerprint density at radius 1 is 1.00 bits per heavy atom. The summed E-state index contributed by atoms with van der Waals surface area (Å²) in [5, 5.41) is 2.78. The van der Waals surface area contributed by atoms with Gasteiger partial charge in [-0.05, 0) is 42.8 Å². The summed E-state index contributed by atoms with van der Waals surface area (Å²) in [6.07, 6.45) is -0.180. The molecule has 0 heterocycles. The molecule has 6 heteroatoms. The minimum Gasteiger partial charge on any atom is -0.493 e. The maximum Gasteiger partial charge on any atom is 0.337 e. The van der Waals surface area contributed by atoms with Gasteiger partial charge in [-0.1, -0.05) is 19.1 Å². The Balaban J connectivity index is 2.05. The standard InChI is InChI=1S/C19H21NO5/c1-4-15(25-17-8-6-5-7-16(17)23-2)18(21)20-14-11-9-13(10-12-14)19(22)24-3/h5-12,15H,4H2,1-3H3,(H,20,21)/t15-/m1/s1. The number of carbonyl (C=O) groups is 2.